The van der Waals surface area contributed by atoms with Gasteiger partial charge in [0.15, 0.2) is 5.65 Å². The monoisotopic (exact) mass is 372 g/mol. The largest absolute Gasteiger partial charge is 0.497 e. The maximum absolute atomic E-state index is 12.6. The quantitative estimate of drug-likeness (QED) is 0.580. The Hall–Kier alpha value is -3.67. The fourth-order valence-electron chi connectivity index (χ4n) is 3.15. The number of pyridine rings is 1. The number of ether oxygens (including phenoxy) is 1. The highest BCUT2D eigenvalue weighted by Gasteiger charge is 2.12. The first kappa shape index (κ1) is 17.7. The highest BCUT2D eigenvalue weighted by molar-refractivity contribution is 5.94. The topological polar surface area (TPSA) is 69.0 Å². The number of hydrogen-bond acceptors (Lipinski definition) is 4. The maximum Gasteiger partial charge on any atom is 0.251 e. The van der Waals surface area contributed by atoms with Crippen molar-refractivity contribution in [3.05, 3.63) is 83.8 Å². The van der Waals surface area contributed by atoms with Gasteiger partial charge in [-0.2, -0.15) is 0 Å². The van der Waals surface area contributed by atoms with Gasteiger partial charge >= 0.3 is 0 Å². The number of carbonyl (C=O) groups excluding carboxylic acids is 1. The van der Waals surface area contributed by atoms with Crippen molar-refractivity contribution in [2.75, 3.05) is 7.11 Å². The van der Waals surface area contributed by atoms with E-state index in [2.05, 4.69) is 15.3 Å². The van der Waals surface area contributed by atoms with Gasteiger partial charge in [-0.1, -0.05) is 18.2 Å². The number of fused-ring (bicyclic) bond motifs is 1. The first-order chi connectivity index (χ1) is 13.7. The van der Waals surface area contributed by atoms with Crippen LogP contribution in [0.1, 0.15) is 21.7 Å². The van der Waals surface area contributed by atoms with E-state index >= 15 is 0 Å². The Morgan fingerprint density at radius 1 is 1.11 bits per heavy atom. The molecule has 28 heavy (non-hydrogen) atoms. The summed E-state index contributed by atoms with van der Waals surface area (Å²) in [6.45, 7) is 2.37. The molecule has 0 radical (unpaired) electrons. The summed E-state index contributed by atoms with van der Waals surface area (Å²) in [4.78, 5) is 21.6. The molecule has 0 aliphatic rings. The Labute approximate surface area is 162 Å². The third-order valence-corrected chi connectivity index (χ3v) is 4.56. The molecular weight excluding hydrogens is 352 g/mol. The van der Waals surface area contributed by atoms with Gasteiger partial charge in [0.2, 0.25) is 0 Å². The number of amides is 1. The molecule has 0 spiro atoms. The second-order valence-electron chi connectivity index (χ2n) is 6.42. The van der Waals surface area contributed by atoms with Gasteiger partial charge in [0.05, 0.1) is 7.11 Å². The lowest BCUT2D eigenvalue weighted by Gasteiger charge is -2.10. The lowest BCUT2D eigenvalue weighted by molar-refractivity contribution is 0.0951. The summed E-state index contributed by atoms with van der Waals surface area (Å²) in [6, 6.07) is 18.9. The molecule has 1 amide bonds. The van der Waals surface area contributed by atoms with Crippen LogP contribution in [0.2, 0.25) is 0 Å². The second-order valence-corrected chi connectivity index (χ2v) is 6.42. The number of rotatable bonds is 5. The van der Waals surface area contributed by atoms with Crippen LogP contribution < -0.4 is 10.1 Å². The molecule has 0 saturated carbocycles. The number of nitrogens with zero attached hydrogens (tertiary/aromatic N) is 3. The third kappa shape index (κ3) is 3.44. The van der Waals surface area contributed by atoms with Crippen LogP contribution in [0, 0.1) is 6.92 Å². The lowest BCUT2D eigenvalue weighted by Crippen LogP contribution is -2.22. The van der Waals surface area contributed by atoms with Crippen molar-refractivity contribution in [2.45, 2.75) is 13.5 Å². The zero-order valence-electron chi connectivity index (χ0n) is 15.7. The molecule has 0 fully saturated rings. The maximum atomic E-state index is 12.6. The lowest BCUT2D eigenvalue weighted by atomic mass is 10.1. The number of methoxy groups -OCH3 is 1. The summed E-state index contributed by atoms with van der Waals surface area (Å²) >= 11 is 0. The van der Waals surface area contributed by atoms with E-state index in [0.717, 1.165) is 34.0 Å². The number of imidazole rings is 1. The van der Waals surface area contributed by atoms with E-state index in [1.807, 2.05) is 66.1 Å². The number of benzene rings is 2. The Bertz CT molecular complexity index is 1130. The molecule has 6 heteroatoms. The molecule has 6 nitrogen and oxygen atoms in total. The highest BCUT2D eigenvalue weighted by Crippen LogP contribution is 2.20. The minimum Gasteiger partial charge on any atom is -0.497 e. The molecule has 0 atom stereocenters. The summed E-state index contributed by atoms with van der Waals surface area (Å²) in [7, 11) is 1.63. The molecule has 0 aliphatic heterocycles. The van der Waals surface area contributed by atoms with Gasteiger partial charge in [-0.3, -0.25) is 9.36 Å². The van der Waals surface area contributed by atoms with E-state index in [9.17, 15) is 4.79 Å². The Kier molecular flexibility index (Phi) is 4.76. The van der Waals surface area contributed by atoms with Crippen LogP contribution in [0.4, 0.5) is 0 Å². The zero-order valence-corrected chi connectivity index (χ0v) is 15.7. The standard InChI is InChI=1S/C22H20N4O2/c1-15-25-20-7-4-12-23-21(20)26(15)18-6-3-5-17(13-18)22(27)24-14-16-8-10-19(28-2)11-9-16/h3-13H,14H2,1-2H3,(H,24,27). The molecule has 140 valence electrons. The summed E-state index contributed by atoms with van der Waals surface area (Å²) in [5, 5.41) is 2.96. The van der Waals surface area contributed by atoms with Gasteiger partial charge in [-0.15, -0.1) is 0 Å². The van der Waals surface area contributed by atoms with Crippen molar-refractivity contribution >= 4 is 17.1 Å². The highest BCUT2D eigenvalue weighted by atomic mass is 16.5. The van der Waals surface area contributed by atoms with Gasteiger partial charge in [0, 0.05) is 24.0 Å². The molecule has 4 rings (SSSR count). The number of hydrogen-bond donors (Lipinski definition) is 1. The van der Waals surface area contributed by atoms with E-state index in [0.29, 0.717) is 12.1 Å². The normalized spacial score (nSPS) is 10.8. The van der Waals surface area contributed by atoms with Gasteiger partial charge in [-0.25, -0.2) is 9.97 Å². The smallest absolute Gasteiger partial charge is 0.251 e. The summed E-state index contributed by atoms with van der Waals surface area (Å²) in [6.07, 6.45) is 1.74. The zero-order chi connectivity index (χ0) is 19.5. The van der Waals surface area contributed by atoms with Crippen LogP contribution in [0.5, 0.6) is 5.75 Å². The predicted octanol–water partition coefficient (Wildman–Crippen LogP) is 3.67. The molecule has 0 saturated heterocycles. The van der Waals surface area contributed by atoms with Crippen molar-refractivity contribution in [2.24, 2.45) is 0 Å². The van der Waals surface area contributed by atoms with Gasteiger partial charge in [0.1, 0.15) is 17.1 Å². The Morgan fingerprint density at radius 3 is 2.71 bits per heavy atom. The summed E-state index contributed by atoms with van der Waals surface area (Å²) in [5.74, 6) is 1.48. The van der Waals surface area contributed by atoms with Crippen LogP contribution >= 0.6 is 0 Å². The predicted molar refractivity (Wildman–Crippen MR) is 108 cm³/mol. The molecule has 4 aromatic rings. The van der Waals surface area contributed by atoms with Crippen molar-refractivity contribution in [1.29, 1.82) is 0 Å². The fraction of sp³-hybridized carbons (Fsp3) is 0.136. The van der Waals surface area contributed by atoms with Gasteiger partial charge < -0.3 is 10.1 Å². The van der Waals surface area contributed by atoms with Crippen LogP contribution in [0.15, 0.2) is 66.9 Å². The molecule has 0 unspecified atom stereocenters. The van der Waals surface area contributed by atoms with Crippen molar-refractivity contribution in [3.8, 4) is 11.4 Å². The summed E-state index contributed by atoms with van der Waals surface area (Å²) in [5.41, 5.74) is 4.05. The van der Waals surface area contributed by atoms with Crippen LogP contribution in [-0.2, 0) is 6.54 Å². The van der Waals surface area contributed by atoms with Crippen LogP contribution in [0.25, 0.3) is 16.9 Å². The molecule has 2 aromatic heterocycles. The van der Waals surface area contributed by atoms with E-state index in [1.54, 1.807) is 19.4 Å². The summed E-state index contributed by atoms with van der Waals surface area (Å²) < 4.78 is 7.11. The van der Waals surface area contributed by atoms with Gasteiger partial charge in [0.25, 0.3) is 5.91 Å². The molecule has 0 bridgehead atoms. The number of aromatic nitrogens is 3. The average molecular weight is 372 g/mol. The van der Waals surface area contributed by atoms with E-state index < -0.39 is 0 Å². The second kappa shape index (κ2) is 7.52. The van der Waals surface area contributed by atoms with Crippen molar-refractivity contribution in [1.82, 2.24) is 19.9 Å². The fourth-order valence-corrected chi connectivity index (χ4v) is 3.15. The SMILES string of the molecule is COc1ccc(CNC(=O)c2cccc(-n3c(C)nc4cccnc43)c2)cc1. The van der Waals surface area contributed by atoms with Crippen molar-refractivity contribution in [3.63, 3.8) is 0 Å². The molecule has 2 aromatic carbocycles. The van der Waals surface area contributed by atoms with Crippen LogP contribution in [0.3, 0.4) is 0 Å². The molecule has 1 N–H and O–H groups in total. The van der Waals surface area contributed by atoms with E-state index in [-0.39, 0.29) is 5.91 Å². The Morgan fingerprint density at radius 2 is 1.93 bits per heavy atom. The molecule has 2 heterocycles. The molecular formula is C22H20N4O2. The first-order valence-corrected chi connectivity index (χ1v) is 8.97. The number of aryl methyl sites for hydroxylation is 1. The first-order valence-electron chi connectivity index (χ1n) is 8.97. The minimum absolute atomic E-state index is 0.132. The number of carbonyl (C=O) groups is 1. The minimum atomic E-state index is -0.132. The van der Waals surface area contributed by atoms with E-state index in [1.165, 1.54) is 0 Å². The van der Waals surface area contributed by atoms with Crippen molar-refractivity contribution < 1.29 is 9.53 Å². The molecule has 0 aliphatic carbocycles. The third-order valence-electron chi connectivity index (χ3n) is 4.56. The van der Waals surface area contributed by atoms with Crippen LogP contribution in [-0.4, -0.2) is 27.6 Å². The van der Waals surface area contributed by atoms with E-state index in [4.69, 9.17) is 4.74 Å². The Balaban J connectivity index is 1.56. The van der Waals surface area contributed by atoms with Gasteiger partial charge in [-0.05, 0) is 55.0 Å². The average Bonchev–Trinajstić information content (AvgIpc) is 3.08. The number of nitrogens with one attached hydrogen (secondary N) is 1.